The van der Waals surface area contributed by atoms with Crippen LogP contribution in [0.5, 0.6) is 0 Å². The number of halogens is 1. The SMILES string of the molecule is O=C(O)[C@@H]1[C@@H](C(=O)Nc2cc(Cl)ccc2-n2cncn2)[C@H]2C=C[C@@H]1C2. The van der Waals surface area contributed by atoms with E-state index in [9.17, 15) is 14.7 Å². The van der Waals surface area contributed by atoms with Gasteiger partial charge in [0, 0.05) is 5.02 Å². The third-order valence-electron chi connectivity index (χ3n) is 4.93. The second kappa shape index (κ2) is 6.00. The van der Waals surface area contributed by atoms with E-state index in [0.29, 0.717) is 22.8 Å². The number of nitrogens with one attached hydrogen (secondary N) is 1. The van der Waals surface area contributed by atoms with E-state index < -0.39 is 17.8 Å². The van der Waals surface area contributed by atoms with Crippen molar-refractivity contribution in [3.63, 3.8) is 0 Å². The predicted molar refractivity (Wildman–Crippen MR) is 90.4 cm³/mol. The summed E-state index contributed by atoms with van der Waals surface area (Å²) in [4.78, 5) is 28.4. The standard InChI is InChI=1S/C17H15ClN4O3/c18-11-3-4-13(22-8-19-7-20-22)12(6-11)21-16(23)14-9-1-2-10(5-9)15(14)17(24)25/h1-4,6-10,14-15H,5H2,(H,21,23)(H,24,25)/t9-,10+,14-,15-/m0/s1. The zero-order valence-electron chi connectivity index (χ0n) is 13.0. The van der Waals surface area contributed by atoms with Crippen LogP contribution in [0.2, 0.25) is 5.02 Å². The summed E-state index contributed by atoms with van der Waals surface area (Å²) in [5.74, 6) is -2.64. The van der Waals surface area contributed by atoms with Crippen LogP contribution < -0.4 is 5.32 Å². The predicted octanol–water partition coefficient (Wildman–Crippen LogP) is 2.38. The molecule has 128 valence electrons. The molecule has 0 spiro atoms. The van der Waals surface area contributed by atoms with Crippen molar-refractivity contribution in [2.24, 2.45) is 23.7 Å². The summed E-state index contributed by atoms with van der Waals surface area (Å²) in [6.07, 6.45) is 7.47. The van der Waals surface area contributed by atoms with Crippen molar-refractivity contribution >= 4 is 29.2 Å². The smallest absolute Gasteiger partial charge is 0.307 e. The summed E-state index contributed by atoms with van der Waals surface area (Å²) in [6, 6.07) is 5.03. The number of aromatic nitrogens is 3. The molecule has 4 atom stereocenters. The van der Waals surface area contributed by atoms with Gasteiger partial charge in [0.1, 0.15) is 12.7 Å². The van der Waals surface area contributed by atoms with E-state index in [2.05, 4.69) is 15.4 Å². The second-order valence-corrected chi connectivity index (χ2v) is 6.77. The summed E-state index contributed by atoms with van der Waals surface area (Å²) in [5.41, 5.74) is 1.08. The van der Waals surface area contributed by atoms with Crippen molar-refractivity contribution in [1.82, 2.24) is 14.8 Å². The number of hydrogen-bond acceptors (Lipinski definition) is 4. The molecule has 7 nitrogen and oxygen atoms in total. The lowest BCUT2D eigenvalue weighted by Gasteiger charge is -2.24. The Bertz CT molecular complexity index is 865. The molecule has 0 saturated heterocycles. The number of anilines is 1. The molecule has 0 aliphatic heterocycles. The number of nitrogens with zero attached hydrogens (tertiary/aromatic N) is 3. The number of benzene rings is 1. The highest BCUT2D eigenvalue weighted by Crippen LogP contribution is 2.48. The second-order valence-electron chi connectivity index (χ2n) is 6.33. The fourth-order valence-corrected chi connectivity index (χ4v) is 4.05. The lowest BCUT2D eigenvalue weighted by molar-refractivity contribution is -0.146. The van der Waals surface area contributed by atoms with Crippen LogP contribution >= 0.6 is 11.6 Å². The lowest BCUT2D eigenvalue weighted by Crippen LogP contribution is -2.36. The summed E-state index contributed by atoms with van der Waals surface area (Å²) < 4.78 is 1.52. The quantitative estimate of drug-likeness (QED) is 0.818. The van der Waals surface area contributed by atoms with Crippen LogP contribution in [0, 0.1) is 23.7 Å². The topological polar surface area (TPSA) is 97.1 Å². The molecule has 2 bridgehead atoms. The minimum Gasteiger partial charge on any atom is -0.481 e. The minimum absolute atomic E-state index is 0.0416. The van der Waals surface area contributed by atoms with Gasteiger partial charge in [0.25, 0.3) is 0 Å². The first-order valence-electron chi connectivity index (χ1n) is 7.91. The van der Waals surface area contributed by atoms with Crippen LogP contribution in [0.15, 0.2) is 43.0 Å². The fraction of sp³-hybridized carbons (Fsp3) is 0.294. The number of aliphatic carboxylic acids is 1. The van der Waals surface area contributed by atoms with E-state index in [1.54, 1.807) is 18.2 Å². The number of carbonyl (C=O) groups is 2. The van der Waals surface area contributed by atoms with E-state index in [1.165, 1.54) is 17.3 Å². The monoisotopic (exact) mass is 358 g/mol. The van der Waals surface area contributed by atoms with Crippen LogP contribution in [0.25, 0.3) is 5.69 Å². The van der Waals surface area contributed by atoms with Crippen molar-refractivity contribution in [3.05, 3.63) is 48.0 Å². The lowest BCUT2D eigenvalue weighted by atomic mass is 9.82. The van der Waals surface area contributed by atoms with Crippen molar-refractivity contribution in [2.75, 3.05) is 5.32 Å². The maximum Gasteiger partial charge on any atom is 0.307 e. The first-order valence-corrected chi connectivity index (χ1v) is 8.29. The van der Waals surface area contributed by atoms with Gasteiger partial charge >= 0.3 is 5.97 Å². The van der Waals surface area contributed by atoms with Gasteiger partial charge < -0.3 is 10.4 Å². The molecule has 2 aliphatic rings. The van der Waals surface area contributed by atoms with Gasteiger partial charge in [-0.15, -0.1) is 0 Å². The Hall–Kier alpha value is -2.67. The van der Waals surface area contributed by atoms with Crippen LogP contribution in [0.3, 0.4) is 0 Å². The highest BCUT2D eigenvalue weighted by molar-refractivity contribution is 6.31. The van der Waals surface area contributed by atoms with E-state index in [1.807, 2.05) is 12.2 Å². The van der Waals surface area contributed by atoms with Gasteiger partial charge in [-0.1, -0.05) is 23.8 Å². The normalized spacial score (nSPS) is 26.8. The molecule has 0 radical (unpaired) electrons. The fourth-order valence-electron chi connectivity index (χ4n) is 3.87. The number of carbonyl (C=O) groups excluding carboxylic acids is 1. The Balaban J connectivity index is 1.64. The van der Waals surface area contributed by atoms with Gasteiger partial charge in [0.15, 0.2) is 0 Å². The highest BCUT2D eigenvalue weighted by atomic mass is 35.5. The molecule has 8 heteroatoms. The molecule has 1 heterocycles. The van der Waals surface area contributed by atoms with Crippen molar-refractivity contribution in [1.29, 1.82) is 0 Å². The molecule has 1 fully saturated rings. The van der Waals surface area contributed by atoms with Crippen molar-refractivity contribution in [3.8, 4) is 5.69 Å². The maximum absolute atomic E-state index is 12.9. The molecular weight excluding hydrogens is 344 g/mol. The van der Waals surface area contributed by atoms with Gasteiger partial charge in [-0.3, -0.25) is 9.59 Å². The summed E-state index contributed by atoms with van der Waals surface area (Å²) >= 11 is 6.06. The van der Waals surface area contributed by atoms with E-state index in [-0.39, 0.29) is 17.7 Å². The van der Waals surface area contributed by atoms with Crippen LogP contribution in [0.4, 0.5) is 5.69 Å². The molecule has 1 aromatic heterocycles. The van der Waals surface area contributed by atoms with E-state index in [4.69, 9.17) is 11.6 Å². The third-order valence-corrected chi connectivity index (χ3v) is 5.16. The minimum atomic E-state index is -0.931. The van der Waals surface area contributed by atoms with Crippen LogP contribution in [0.1, 0.15) is 6.42 Å². The Labute approximate surface area is 148 Å². The van der Waals surface area contributed by atoms with Crippen LogP contribution in [-0.4, -0.2) is 31.7 Å². The molecule has 1 saturated carbocycles. The molecule has 0 unspecified atom stereocenters. The van der Waals surface area contributed by atoms with Gasteiger partial charge in [-0.2, -0.15) is 5.10 Å². The van der Waals surface area contributed by atoms with Gasteiger partial charge in [0.2, 0.25) is 5.91 Å². The Morgan fingerprint density at radius 1 is 1.24 bits per heavy atom. The average molecular weight is 359 g/mol. The zero-order chi connectivity index (χ0) is 17.6. The Morgan fingerprint density at radius 3 is 2.68 bits per heavy atom. The molecule has 2 aliphatic carbocycles. The molecule has 2 N–H and O–H groups in total. The summed E-state index contributed by atoms with van der Waals surface area (Å²) in [6.45, 7) is 0. The van der Waals surface area contributed by atoms with Crippen LogP contribution in [-0.2, 0) is 9.59 Å². The summed E-state index contributed by atoms with van der Waals surface area (Å²) in [7, 11) is 0. The number of fused-ring (bicyclic) bond motifs is 2. The molecule has 2 aromatic rings. The summed E-state index contributed by atoms with van der Waals surface area (Å²) in [5, 5.41) is 16.9. The number of rotatable bonds is 4. The number of carboxylic acids is 1. The van der Waals surface area contributed by atoms with E-state index in [0.717, 1.165) is 0 Å². The van der Waals surface area contributed by atoms with Gasteiger partial charge in [0.05, 0.1) is 23.2 Å². The Morgan fingerprint density at radius 2 is 2.00 bits per heavy atom. The zero-order valence-corrected chi connectivity index (χ0v) is 13.8. The molecular formula is C17H15ClN4O3. The van der Waals surface area contributed by atoms with Gasteiger partial charge in [-0.05, 0) is 36.5 Å². The molecule has 4 rings (SSSR count). The van der Waals surface area contributed by atoms with Crippen molar-refractivity contribution in [2.45, 2.75) is 6.42 Å². The van der Waals surface area contributed by atoms with Gasteiger partial charge in [-0.25, -0.2) is 9.67 Å². The number of hydrogen-bond donors (Lipinski definition) is 2. The molecule has 25 heavy (non-hydrogen) atoms. The average Bonchev–Trinajstić information content (AvgIpc) is 3.31. The molecule has 1 amide bonds. The number of amides is 1. The largest absolute Gasteiger partial charge is 0.481 e. The van der Waals surface area contributed by atoms with E-state index >= 15 is 0 Å². The maximum atomic E-state index is 12.9. The highest BCUT2D eigenvalue weighted by Gasteiger charge is 2.51. The number of allylic oxidation sites excluding steroid dienone is 2. The Kier molecular flexibility index (Phi) is 3.80. The first-order chi connectivity index (χ1) is 12.0. The third kappa shape index (κ3) is 2.70. The number of carboxylic acid groups (broad SMARTS) is 1. The van der Waals surface area contributed by atoms with Crippen molar-refractivity contribution < 1.29 is 14.7 Å². The first kappa shape index (κ1) is 15.8. The molecule has 1 aromatic carbocycles.